The number of rotatable bonds is 3. The maximum atomic E-state index is 11.4. The fourth-order valence-corrected chi connectivity index (χ4v) is 1.28. The first-order chi connectivity index (χ1) is 7.19. The van der Waals surface area contributed by atoms with Gasteiger partial charge >= 0.3 is 5.97 Å². The van der Waals surface area contributed by atoms with Crippen molar-refractivity contribution in [2.45, 2.75) is 19.8 Å². The van der Waals surface area contributed by atoms with Gasteiger partial charge in [0.1, 0.15) is 0 Å². The van der Waals surface area contributed by atoms with E-state index in [0.717, 1.165) is 5.56 Å². The number of carbonyl (C=O) groups is 1. The summed E-state index contributed by atoms with van der Waals surface area (Å²) in [5.74, 6) is -0.578. The number of carbonyl (C=O) groups excluding carboxylic acids is 1. The lowest BCUT2D eigenvalue weighted by molar-refractivity contribution is -0.144. The third-order valence-corrected chi connectivity index (χ3v) is 2.16. The topological polar surface area (TPSA) is 50.1 Å². The summed E-state index contributed by atoms with van der Waals surface area (Å²) in [6, 6.07) is 9.05. The van der Waals surface area contributed by atoms with Gasteiger partial charge in [-0.3, -0.25) is 4.79 Å². The third kappa shape index (κ3) is 2.81. The highest BCUT2D eigenvalue weighted by molar-refractivity contribution is 5.77. The molecule has 1 aromatic rings. The van der Waals surface area contributed by atoms with Crippen molar-refractivity contribution in [3.8, 4) is 6.07 Å². The highest BCUT2D eigenvalue weighted by atomic mass is 16.5. The molecule has 0 saturated carbocycles. The van der Waals surface area contributed by atoms with E-state index in [0.29, 0.717) is 12.2 Å². The molecule has 1 rings (SSSR count). The van der Waals surface area contributed by atoms with Crippen molar-refractivity contribution in [2.75, 3.05) is 6.61 Å². The van der Waals surface area contributed by atoms with E-state index in [1.54, 1.807) is 32.0 Å². The SMILES string of the molecule is CCOC(=O)C(C)c1cccc(C#N)c1. The predicted octanol–water partition coefficient (Wildman–Crippen LogP) is 2.22. The molecule has 78 valence electrons. The number of nitrogens with zero attached hydrogens (tertiary/aromatic N) is 1. The van der Waals surface area contributed by atoms with Gasteiger partial charge in [-0.1, -0.05) is 12.1 Å². The minimum Gasteiger partial charge on any atom is -0.466 e. The summed E-state index contributed by atoms with van der Waals surface area (Å²) in [6.07, 6.45) is 0. The summed E-state index contributed by atoms with van der Waals surface area (Å²) < 4.78 is 4.91. The summed E-state index contributed by atoms with van der Waals surface area (Å²) in [5, 5.41) is 8.72. The van der Waals surface area contributed by atoms with E-state index >= 15 is 0 Å². The zero-order valence-corrected chi connectivity index (χ0v) is 8.86. The van der Waals surface area contributed by atoms with E-state index in [9.17, 15) is 4.79 Å². The Balaban J connectivity index is 2.87. The van der Waals surface area contributed by atoms with Crippen LogP contribution in [0.15, 0.2) is 24.3 Å². The standard InChI is InChI=1S/C12H13NO2/c1-3-15-12(14)9(2)11-6-4-5-10(7-11)8-13/h4-7,9H,3H2,1-2H3. The molecule has 0 N–H and O–H groups in total. The maximum absolute atomic E-state index is 11.4. The van der Waals surface area contributed by atoms with Crippen LogP contribution in [0.25, 0.3) is 0 Å². The molecule has 3 heteroatoms. The van der Waals surface area contributed by atoms with Crippen molar-refractivity contribution in [3.63, 3.8) is 0 Å². The average molecular weight is 203 g/mol. The molecule has 0 fully saturated rings. The number of hydrogen-bond donors (Lipinski definition) is 0. The van der Waals surface area contributed by atoms with Crippen LogP contribution in [-0.4, -0.2) is 12.6 Å². The van der Waals surface area contributed by atoms with Gasteiger partial charge in [0.2, 0.25) is 0 Å². The van der Waals surface area contributed by atoms with Gasteiger partial charge in [-0.25, -0.2) is 0 Å². The van der Waals surface area contributed by atoms with E-state index in [2.05, 4.69) is 0 Å². The van der Waals surface area contributed by atoms with Gasteiger partial charge in [0.25, 0.3) is 0 Å². The van der Waals surface area contributed by atoms with E-state index in [4.69, 9.17) is 10.00 Å². The molecular weight excluding hydrogens is 190 g/mol. The molecule has 1 aromatic carbocycles. The first-order valence-electron chi connectivity index (χ1n) is 4.85. The van der Waals surface area contributed by atoms with Crippen LogP contribution in [-0.2, 0) is 9.53 Å². The van der Waals surface area contributed by atoms with Gasteiger partial charge in [0.05, 0.1) is 24.2 Å². The first kappa shape index (κ1) is 11.3. The lowest BCUT2D eigenvalue weighted by Crippen LogP contribution is -2.12. The average Bonchev–Trinajstić information content (AvgIpc) is 2.28. The van der Waals surface area contributed by atoms with Gasteiger partial charge in [0.15, 0.2) is 0 Å². The maximum Gasteiger partial charge on any atom is 0.313 e. The molecular formula is C12H13NO2. The second kappa shape index (κ2) is 5.16. The van der Waals surface area contributed by atoms with Crippen molar-refractivity contribution < 1.29 is 9.53 Å². The first-order valence-corrected chi connectivity index (χ1v) is 4.85. The number of ether oxygens (including phenoxy) is 1. The summed E-state index contributed by atoms with van der Waals surface area (Å²) in [5.41, 5.74) is 1.37. The lowest BCUT2D eigenvalue weighted by atomic mass is 9.99. The van der Waals surface area contributed by atoms with Crippen LogP contribution in [0.5, 0.6) is 0 Å². The van der Waals surface area contributed by atoms with Crippen LogP contribution in [0, 0.1) is 11.3 Å². The Morgan fingerprint density at radius 1 is 1.60 bits per heavy atom. The lowest BCUT2D eigenvalue weighted by Gasteiger charge is -2.10. The van der Waals surface area contributed by atoms with E-state index in [1.807, 2.05) is 12.1 Å². The van der Waals surface area contributed by atoms with Crippen LogP contribution in [0.2, 0.25) is 0 Å². The molecule has 3 nitrogen and oxygen atoms in total. The molecule has 1 unspecified atom stereocenters. The molecule has 1 atom stereocenters. The Kier molecular flexibility index (Phi) is 3.87. The Morgan fingerprint density at radius 2 is 2.33 bits per heavy atom. The van der Waals surface area contributed by atoms with Gasteiger partial charge in [0, 0.05) is 0 Å². The van der Waals surface area contributed by atoms with Crippen molar-refractivity contribution in [2.24, 2.45) is 0 Å². The van der Waals surface area contributed by atoms with Gasteiger partial charge in [-0.05, 0) is 31.5 Å². The predicted molar refractivity (Wildman–Crippen MR) is 56.2 cm³/mol. The van der Waals surface area contributed by atoms with Crippen molar-refractivity contribution in [3.05, 3.63) is 35.4 Å². The summed E-state index contributed by atoms with van der Waals surface area (Å²) in [7, 11) is 0. The molecule has 0 amide bonds. The summed E-state index contributed by atoms with van der Waals surface area (Å²) >= 11 is 0. The monoisotopic (exact) mass is 203 g/mol. The molecule has 0 spiro atoms. The number of esters is 1. The number of hydrogen-bond acceptors (Lipinski definition) is 3. The van der Waals surface area contributed by atoms with Gasteiger partial charge < -0.3 is 4.74 Å². The molecule has 0 heterocycles. The second-order valence-corrected chi connectivity index (χ2v) is 3.21. The van der Waals surface area contributed by atoms with Crippen LogP contribution >= 0.6 is 0 Å². The van der Waals surface area contributed by atoms with Crippen LogP contribution in [0.4, 0.5) is 0 Å². The van der Waals surface area contributed by atoms with E-state index < -0.39 is 0 Å². The molecule has 0 radical (unpaired) electrons. The Morgan fingerprint density at radius 3 is 2.93 bits per heavy atom. The smallest absolute Gasteiger partial charge is 0.313 e. The zero-order chi connectivity index (χ0) is 11.3. The quantitative estimate of drug-likeness (QED) is 0.708. The molecule has 0 saturated heterocycles. The zero-order valence-electron chi connectivity index (χ0n) is 8.86. The Bertz CT molecular complexity index is 393. The normalized spacial score (nSPS) is 11.5. The summed E-state index contributed by atoms with van der Waals surface area (Å²) in [6.45, 7) is 3.92. The minimum atomic E-state index is -0.321. The minimum absolute atomic E-state index is 0.257. The van der Waals surface area contributed by atoms with E-state index in [-0.39, 0.29) is 11.9 Å². The number of nitriles is 1. The molecule has 0 aliphatic rings. The van der Waals surface area contributed by atoms with E-state index in [1.165, 1.54) is 0 Å². The molecule has 15 heavy (non-hydrogen) atoms. The van der Waals surface area contributed by atoms with Gasteiger partial charge in [-0.15, -0.1) is 0 Å². The molecule has 0 aliphatic heterocycles. The molecule has 0 aromatic heterocycles. The second-order valence-electron chi connectivity index (χ2n) is 3.21. The largest absolute Gasteiger partial charge is 0.466 e. The van der Waals surface area contributed by atoms with Crippen molar-refractivity contribution in [1.29, 1.82) is 5.26 Å². The van der Waals surface area contributed by atoms with Crippen LogP contribution in [0.1, 0.15) is 30.9 Å². The van der Waals surface area contributed by atoms with Crippen LogP contribution in [0.3, 0.4) is 0 Å². The van der Waals surface area contributed by atoms with Crippen molar-refractivity contribution in [1.82, 2.24) is 0 Å². The molecule has 0 bridgehead atoms. The Labute approximate surface area is 89.3 Å². The highest BCUT2D eigenvalue weighted by Gasteiger charge is 2.16. The fourth-order valence-electron chi connectivity index (χ4n) is 1.28. The fraction of sp³-hybridized carbons (Fsp3) is 0.333. The Hall–Kier alpha value is -1.82. The third-order valence-electron chi connectivity index (χ3n) is 2.16. The molecule has 0 aliphatic carbocycles. The summed E-state index contributed by atoms with van der Waals surface area (Å²) in [4.78, 5) is 11.4. The number of benzene rings is 1. The van der Waals surface area contributed by atoms with Crippen molar-refractivity contribution >= 4 is 5.97 Å². The van der Waals surface area contributed by atoms with Crippen LogP contribution < -0.4 is 0 Å². The van der Waals surface area contributed by atoms with Gasteiger partial charge in [-0.2, -0.15) is 5.26 Å². The highest BCUT2D eigenvalue weighted by Crippen LogP contribution is 2.17.